The number of amides is 4. The van der Waals surface area contributed by atoms with Crippen LogP contribution in [0.2, 0.25) is 0 Å². The van der Waals surface area contributed by atoms with E-state index in [9.17, 15) is 24.3 Å². The SMILES string of the molecule is CC(=O)N[C@H](C)C(=O)N1CCC[C@H]1c1ncc(-c2ccc(-c3ccc(-c4cnc([C@@H]5CCCN5C(=O)[C@@H](c5ccccc5)N(C)C(=O)O)[nH]4)cc3)cc2)[nH]1. The van der Waals surface area contributed by atoms with E-state index in [1.807, 2.05) is 30.3 Å². The lowest BCUT2D eigenvalue weighted by Crippen LogP contribution is -2.46. The number of carbonyl (C=O) groups excluding carboxylic acids is 3. The Morgan fingerprint density at radius 1 is 0.741 bits per heavy atom. The largest absolute Gasteiger partial charge is 0.465 e. The number of carboxylic acid groups (broad SMARTS) is 1. The Morgan fingerprint density at radius 3 is 1.67 bits per heavy atom. The van der Waals surface area contributed by atoms with E-state index < -0.39 is 18.2 Å². The van der Waals surface area contributed by atoms with Crippen LogP contribution in [0.3, 0.4) is 0 Å². The number of aromatic amines is 2. The number of imidazole rings is 2. The molecule has 2 saturated heterocycles. The van der Waals surface area contributed by atoms with Crippen LogP contribution in [0.4, 0.5) is 4.79 Å². The van der Waals surface area contributed by atoms with Gasteiger partial charge in [0.1, 0.15) is 23.7 Å². The molecule has 4 amide bonds. The van der Waals surface area contributed by atoms with E-state index in [1.54, 1.807) is 53.4 Å². The van der Waals surface area contributed by atoms with Crippen molar-refractivity contribution in [3.05, 3.63) is 108 Å². The molecule has 4 atom stereocenters. The van der Waals surface area contributed by atoms with E-state index in [1.165, 1.54) is 14.0 Å². The lowest BCUT2D eigenvalue weighted by Gasteiger charge is -2.32. The van der Waals surface area contributed by atoms with Crippen molar-refractivity contribution in [2.75, 3.05) is 20.1 Å². The van der Waals surface area contributed by atoms with Gasteiger partial charge in [0.15, 0.2) is 0 Å². The topological polar surface area (TPSA) is 168 Å². The van der Waals surface area contributed by atoms with Crippen molar-refractivity contribution in [2.24, 2.45) is 0 Å². The minimum atomic E-state index is -1.17. The van der Waals surface area contributed by atoms with Gasteiger partial charge in [0.2, 0.25) is 11.8 Å². The normalized spacial score (nSPS) is 18.0. The van der Waals surface area contributed by atoms with Gasteiger partial charge in [-0.2, -0.15) is 0 Å². The minimum absolute atomic E-state index is 0.110. The van der Waals surface area contributed by atoms with Gasteiger partial charge in [-0.3, -0.25) is 19.3 Å². The average molecular weight is 729 g/mol. The number of likely N-dealkylation sites (N-methyl/N-ethyl adjacent to an activating group) is 1. The standard InChI is InChI=1S/C41H44N8O5/c1-25(44-26(2)50)39(51)48-21-7-11-34(48)37-42-23-32(45-37)29-17-13-27(14-18-29)28-15-19-30(20-16-28)33-24-43-38(46-33)35-12-8-22-49(35)40(52)36(47(3)41(53)54)31-9-5-4-6-10-31/h4-6,9-10,13-20,23-25,34-36H,7-8,11-12,21-22H2,1-3H3,(H,42,45)(H,43,46)(H,44,50)(H,53,54)/t25-,34+,35+,36-/m1/s1. The van der Waals surface area contributed by atoms with Gasteiger partial charge in [0.25, 0.3) is 5.91 Å². The van der Waals surface area contributed by atoms with Crippen molar-refractivity contribution >= 4 is 23.8 Å². The molecule has 0 aliphatic carbocycles. The van der Waals surface area contributed by atoms with Crippen LogP contribution in [-0.2, 0) is 14.4 Å². The maximum atomic E-state index is 13.9. The number of nitrogens with one attached hydrogen (secondary N) is 3. The Kier molecular flexibility index (Phi) is 10.3. The summed E-state index contributed by atoms with van der Waals surface area (Å²) in [6.07, 6.45) is 5.61. The summed E-state index contributed by atoms with van der Waals surface area (Å²) in [5.41, 5.74) is 6.35. The number of aromatic nitrogens is 4. The summed E-state index contributed by atoms with van der Waals surface area (Å²) in [6.45, 7) is 4.26. The number of H-pyrrole nitrogens is 2. The van der Waals surface area contributed by atoms with Crippen LogP contribution < -0.4 is 5.32 Å². The van der Waals surface area contributed by atoms with Crippen LogP contribution >= 0.6 is 0 Å². The molecule has 2 aromatic heterocycles. The molecule has 13 nitrogen and oxygen atoms in total. The number of nitrogens with zero attached hydrogens (tertiary/aromatic N) is 5. The highest BCUT2D eigenvalue weighted by atomic mass is 16.4. The number of benzene rings is 3. The second kappa shape index (κ2) is 15.4. The second-order valence-corrected chi connectivity index (χ2v) is 14.0. The minimum Gasteiger partial charge on any atom is -0.465 e. The Balaban J connectivity index is 1.02. The number of likely N-dealkylation sites (tertiary alicyclic amines) is 2. The third-order valence-corrected chi connectivity index (χ3v) is 10.4. The first-order valence-corrected chi connectivity index (χ1v) is 18.3. The summed E-state index contributed by atoms with van der Waals surface area (Å²) in [7, 11) is 1.43. The van der Waals surface area contributed by atoms with E-state index in [-0.39, 0.29) is 29.8 Å². The number of rotatable bonds is 10. The van der Waals surface area contributed by atoms with Crippen LogP contribution in [0.5, 0.6) is 0 Å². The van der Waals surface area contributed by atoms with Gasteiger partial charge in [0.05, 0.1) is 35.9 Å². The number of hydrogen-bond donors (Lipinski definition) is 4. The molecule has 0 saturated carbocycles. The van der Waals surface area contributed by atoms with Crippen LogP contribution in [0, 0.1) is 0 Å². The molecule has 7 rings (SSSR count). The molecular formula is C41H44N8O5. The van der Waals surface area contributed by atoms with Gasteiger partial charge in [-0.1, -0.05) is 78.9 Å². The summed E-state index contributed by atoms with van der Waals surface area (Å²) in [5.74, 6) is 0.804. The van der Waals surface area contributed by atoms with E-state index in [0.717, 1.165) is 70.0 Å². The third kappa shape index (κ3) is 7.34. The molecule has 5 aromatic rings. The Labute approximate surface area is 313 Å². The zero-order valence-electron chi connectivity index (χ0n) is 30.5. The molecule has 13 heteroatoms. The maximum absolute atomic E-state index is 13.9. The Hall–Kier alpha value is -6.24. The van der Waals surface area contributed by atoms with E-state index in [2.05, 4.69) is 49.5 Å². The zero-order valence-corrected chi connectivity index (χ0v) is 30.5. The number of hydrogen-bond acceptors (Lipinski definition) is 6. The quantitative estimate of drug-likeness (QED) is 0.130. The molecule has 4 heterocycles. The van der Waals surface area contributed by atoms with Gasteiger partial charge in [-0.05, 0) is 60.4 Å². The van der Waals surface area contributed by atoms with E-state index in [4.69, 9.17) is 0 Å². The van der Waals surface area contributed by atoms with E-state index >= 15 is 0 Å². The Morgan fingerprint density at radius 2 is 1.20 bits per heavy atom. The highest BCUT2D eigenvalue weighted by Gasteiger charge is 2.39. The fraction of sp³-hybridized carbons (Fsp3) is 0.317. The van der Waals surface area contributed by atoms with Crippen LogP contribution in [-0.4, -0.2) is 89.7 Å². The second-order valence-electron chi connectivity index (χ2n) is 14.0. The molecule has 2 fully saturated rings. The molecule has 0 spiro atoms. The van der Waals surface area contributed by atoms with Crippen molar-refractivity contribution in [1.29, 1.82) is 0 Å². The summed E-state index contributed by atoms with van der Waals surface area (Å²) in [6, 6.07) is 23.4. The average Bonchev–Trinajstić information content (AvgIpc) is 4.02. The highest BCUT2D eigenvalue weighted by molar-refractivity contribution is 5.88. The van der Waals surface area contributed by atoms with Crippen molar-refractivity contribution in [1.82, 2.24) is 40.0 Å². The molecule has 0 unspecified atom stereocenters. The first-order chi connectivity index (χ1) is 26.1. The molecule has 2 aliphatic heterocycles. The van der Waals surface area contributed by atoms with E-state index in [0.29, 0.717) is 24.5 Å². The van der Waals surface area contributed by atoms with Gasteiger partial charge in [0, 0.05) is 27.1 Å². The van der Waals surface area contributed by atoms with Crippen LogP contribution in [0.15, 0.2) is 91.3 Å². The molecule has 0 radical (unpaired) electrons. The zero-order chi connectivity index (χ0) is 37.9. The van der Waals surface area contributed by atoms with Gasteiger partial charge in [-0.15, -0.1) is 0 Å². The first-order valence-electron chi connectivity index (χ1n) is 18.3. The predicted molar refractivity (Wildman–Crippen MR) is 203 cm³/mol. The van der Waals surface area contributed by atoms with Crippen molar-refractivity contribution in [2.45, 2.75) is 63.7 Å². The fourth-order valence-corrected chi connectivity index (χ4v) is 7.67. The van der Waals surface area contributed by atoms with Gasteiger partial charge in [-0.25, -0.2) is 14.8 Å². The predicted octanol–water partition coefficient (Wildman–Crippen LogP) is 6.34. The molecule has 2 aliphatic rings. The summed E-state index contributed by atoms with van der Waals surface area (Å²) in [5, 5.41) is 12.5. The fourth-order valence-electron chi connectivity index (χ4n) is 7.67. The van der Waals surface area contributed by atoms with Gasteiger partial charge >= 0.3 is 6.09 Å². The highest BCUT2D eigenvalue weighted by Crippen LogP contribution is 2.36. The molecule has 0 bridgehead atoms. The summed E-state index contributed by atoms with van der Waals surface area (Å²) in [4.78, 5) is 71.2. The van der Waals surface area contributed by atoms with Crippen LogP contribution in [0.25, 0.3) is 33.6 Å². The van der Waals surface area contributed by atoms with Crippen molar-refractivity contribution in [3.8, 4) is 33.6 Å². The third-order valence-electron chi connectivity index (χ3n) is 10.4. The maximum Gasteiger partial charge on any atom is 0.407 e. The van der Waals surface area contributed by atoms with Crippen molar-refractivity contribution < 1.29 is 24.3 Å². The molecule has 278 valence electrons. The Bertz CT molecular complexity index is 2130. The molecular weight excluding hydrogens is 685 g/mol. The summed E-state index contributed by atoms with van der Waals surface area (Å²) >= 11 is 0. The first kappa shape index (κ1) is 36.1. The van der Waals surface area contributed by atoms with Crippen molar-refractivity contribution in [3.63, 3.8) is 0 Å². The van der Waals surface area contributed by atoms with Gasteiger partial charge < -0.3 is 30.2 Å². The lowest BCUT2D eigenvalue weighted by molar-refractivity contribution is -0.137. The lowest BCUT2D eigenvalue weighted by atomic mass is 10.0. The smallest absolute Gasteiger partial charge is 0.407 e. The monoisotopic (exact) mass is 728 g/mol. The van der Waals surface area contributed by atoms with Crippen LogP contribution in [0.1, 0.15) is 74.9 Å². The molecule has 3 aromatic carbocycles. The molecule has 4 N–H and O–H groups in total. The molecule has 54 heavy (non-hydrogen) atoms. The number of carbonyl (C=O) groups is 4. The summed E-state index contributed by atoms with van der Waals surface area (Å²) < 4.78 is 0.